The maximum absolute atomic E-state index is 13.1. The van der Waals surface area contributed by atoms with Gasteiger partial charge in [-0.05, 0) is 44.4 Å². The quantitative estimate of drug-likeness (QED) is 0.871. The van der Waals surface area contributed by atoms with Gasteiger partial charge in [0, 0.05) is 19.5 Å². The van der Waals surface area contributed by atoms with E-state index in [1.807, 2.05) is 13.0 Å². The highest BCUT2D eigenvalue weighted by atomic mass is 19.1. The van der Waals surface area contributed by atoms with Crippen LogP contribution in [0.25, 0.3) is 0 Å². The number of carbonyl (C=O) groups is 1. The Hall–Kier alpha value is -1.42. The molecule has 1 rings (SSSR count). The molecule has 1 N–H and O–H groups in total. The molecule has 0 saturated carbocycles. The van der Waals surface area contributed by atoms with E-state index < -0.39 is 5.60 Å². The fourth-order valence-electron chi connectivity index (χ4n) is 2.23. The number of aliphatic hydroxyl groups is 1. The molecule has 0 aliphatic heterocycles. The van der Waals surface area contributed by atoms with Crippen molar-refractivity contribution in [2.75, 3.05) is 13.6 Å². The first-order chi connectivity index (χ1) is 9.19. The molecule has 1 aromatic rings. The summed E-state index contributed by atoms with van der Waals surface area (Å²) in [5.74, 6) is -0.394. The lowest BCUT2D eigenvalue weighted by Crippen LogP contribution is -2.41. The Morgan fingerprint density at radius 3 is 2.65 bits per heavy atom. The van der Waals surface area contributed by atoms with Gasteiger partial charge in [0.1, 0.15) is 5.82 Å². The van der Waals surface area contributed by atoms with Crippen LogP contribution in [0, 0.1) is 11.7 Å². The molecule has 0 aliphatic rings. The van der Waals surface area contributed by atoms with E-state index >= 15 is 0 Å². The Bertz CT molecular complexity index is 454. The minimum atomic E-state index is -0.896. The van der Waals surface area contributed by atoms with Gasteiger partial charge in [0.25, 0.3) is 0 Å². The fraction of sp³-hybridized carbons (Fsp3) is 0.562. The smallest absolute Gasteiger partial charge is 0.225 e. The standard InChI is InChI=1S/C16H24FNO2/c1-12(15(19)18(4)11-16(2,3)20)8-9-13-6-5-7-14(17)10-13/h5-7,10,12,20H,8-9,11H2,1-4H3. The number of aryl methyl sites for hydroxylation is 1. The largest absolute Gasteiger partial charge is 0.389 e. The number of nitrogens with zero attached hydrogens (tertiary/aromatic N) is 1. The number of benzene rings is 1. The lowest BCUT2D eigenvalue weighted by molar-refractivity contribution is -0.136. The highest BCUT2D eigenvalue weighted by Crippen LogP contribution is 2.14. The predicted molar refractivity (Wildman–Crippen MR) is 77.8 cm³/mol. The van der Waals surface area contributed by atoms with Gasteiger partial charge in [-0.3, -0.25) is 4.79 Å². The van der Waals surface area contributed by atoms with E-state index in [1.165, 1.54) is 12.1 Å². The zero-order valence-corrected chi connectivity index (χ0v) is 12.7. The monoisotopic (exact) mass is 281 g/mol. The summed E-state index contributed by atoms with van der Waals surface area (Å²) >= 11 is 0. The third kappa shape index (κ3) is 5.70. The summed E-state index contributed by atoms with van der Waals surface area (Å²) in [5.41, 5.74) is 0.00181. The third-order valence-corrected chi connectivity index (χ3v) is 3.18. The minimum absolute atomic E-state index is 0.00327. The second-order valence-corrected chi connectivity index (χ2v) is 6.08. The van der Waals surface area contributed by atoms with E-state index in [2.05, 4.69) is 0 Å². The van der Waals surface area contributed by atoms with Gasteiger partial charge in [-0.2, -0.15) is 0 Å². The molecule has 0 aromatic heterocycles. The summed E-state index contributed by atoms with van der Waals surface area (Å²) in [5, 5.41) is 9.72. The molecule has 3 nitrogen and oxygen atoms in total. The molecular weight excluding hydrogens is 257 g/mol. The molecular formula is C16H24FNO2. The van der Waals surface area contributed by atoms with Crippen molar-refractivity contribution in [3.8, 4) is 0 Å². The molecule has 4 heteroatoms. The van der Waals surface area contributed by atoms with Gasteiger partial charge in [0.05, 0.1) is 5.60 Å². The molecule has 0 saturated heterocycles. The molecule has 0 bridgehead atoms. The van der Waals surface area contributed by atoms with Gasteiger partial charge < -0.3 is 10.0 Å². The first kappa shape index (κ1) is 16.6. The highest BCUT2D eigenvalue weighted by molar-refractivity contribution is 5.78. The Balaban J connectivity index is 2.50. The maximum atomic E-state index is 13.1. The second kappa shape index (κ2) is 6.84. The summed E-state index contributed by atoms with van der Waals surface area (Å²) in [6.45, 7) is 5.51. The molecule has 20 heavy (non-hydrogen) atoms. The first-order valence-corrected chi connectivity index (χ1v) is 6.91. The van der Waals surface area contributed by atoms with Crippen LogP contribution in [-0.2, 0) is 11.2 Å². The molecule has 0 radical (unpaired) electrons. The van der Waals surface area contributed by atoms with Crippen molar-refractivity contribution >= 4 is 5.91 Å². The van der Waals surface area contributed by atoms with Crippen LogP contribution in [0.3, 0.4) is 0 Å². The van der Waals surface area contributed by atoms with Gasteiger partial charge in [-0.15, -0.1) is 0 Å². The maximum Gasteiger partial charge on any atom is 0.225 e. The zero-order valence-electron chi connectivity index (χ0n) is 12.7. The topological polar surface area (TPSA) is 40.5 Å². The summed E-state index contributed by atoms with van der Waals surface area (Å²) in [6.07, 6.45) is 1.33. The molecule has 0 spiro atoms. The molecule has 1 atom stereocenters. The van der Waals surface area contributed by atoms with Crippen molar-refractivity contribution in [1.82, 2.24) is 4.90 Å². The first-order valence-electron chi connectivity index (χ1n) is 6.91. The van der Waals surface area contributed by atoms with Crippen molar-refractivity contribution in [2.45, 2.75) is 39.2 Å². The Morgan fingerprint density at radius 1 is 1.45 bits per heavy atom. The SMILES string of the molecule is CC(CCc1cccc(F)c1)C(=O)N(C)CC(C)(C)O. The van der Waals surface area contributed by atoms with E-state index in [4.69, 9.17) is 0 Å². The number of rotatable bonds is 6. The lowest BCUT2D eigenvalue weighted by Gasteiger charge is -2.27. The average molecular weight is 281 g/mol. The third-order valence-electron chi connectivity index (χ3n) is 3.18. The molecule has 1 unspecified atom stereocenters. The van der Waals surface area contributed by atoms with Gasteiger partial charge >= 0.3 is 0 Å². The van der Waals surface area contributed by atoms with Crippen LogP contribution in [0.5, 0.6) is 0 Å². The van der Waals surface area contributed by atoms with Crippen LogP contribution in [0.2, 0.25) is 0 Å². The van der Waals surface area contributed by atoms with Crippen LogP contribution in [0.1, 0.15) is 32.8 Å². The van der Waals surface area contributed by atoms with Crippen molar-refractivity contribution in [3.63, 3.8) is 0 Å². The number of halogens is 1. The van der Waals surface area contributed by atoms with E-state index in [1.54, 1.807) is 31.9 Å². The molecule has 1 aromatic carbocycles. The van der Waals surface area contributed by atoms with E-state index in [0.717, 1.165) is 5.56 Å². The minimum Gasteiger partial charge on any atom is -0.389 e. The summed E-state index contributed by atoms with van der Waals surface area (Å²) in [7, 11) is 1.69. The lowest BCUT2D eigenvalue weighted by atomic mass is 9.99. The molecule has 112 valence electrons. The Morgan fingerprint density at radius 2 is 2.10 bits per heavy atom. The highest BCUT2D eigenvalue weighted by Gasteiger charge is 2.22. The van der Waals surface area contributed by atoms with Gasteiger partial charge in [-0.1, -0.05) is 19.1 Å². The van der Waals surface area contributed by atoms with Crippen LogP contribution < -0.4 is 0 Å². The number of amides is 1. The normalized spacial score (nSPS) is 13.1. The van der Waals surface area contributed by atoms with Crippen molar-refractivity contribution < 1.29 is 14.3 Å². The molecule has 0 heterocycles. The van der Waals surface area contributed by atoms with Crippen molar-refractivity contribution in [3.05, 3.63) is 35.6 Å². The number of hydrogen-bond acceptors (Lipinski definition) is 2. The van der Waals surface area contributed by atoms with Crippen molar-refractivity contribution in [2.24, 2.45) is 5.92 Å². The van der Waals surface area contributed by atoms with Crippen LogP contribution in [0.4, 0.5) is 4.39 Å². The van der Waals surface area contributed by atoms with E-state index in [-0.39, 0.29) is 17.6 Å². The molecule has 1 amide bonds. The number of hydrogen-bond donors (Lipinski definition) is 1. The fourth-order valence-corrected chi connectivity index (χ4v) is 2.23. The molecule has 0 fully saturated rings. The predicted octanol–water partition coefficient (Wildman–Crippen LogP) is 2.62. The van der Waals surface area contributed by atoms with Crippen LogP contribution >= 0.6 is 0 Å². The number of likely N-dealkylation sites (N-methyl/N-ethyl adjacent to an activating group) is 1. The van der Waals surface area contributed by atoms with Gasteiger partial charge in [-0.25, -0.2) is 4.39 Å². The zero-order chi connectivity index (χ0) is 15.3. The van der Waals surface area contributed by atoms with Crippen LogP contribution in [-0.4, -0.2) is 35.1 Å². The van der Waals surface area contributed by atoms with Crippen LogP contribution in [0.15, 0.2) is 24.3 Å². The van der Waals surface area contributed by atoms with Gasteiger partial charge in [0.2, 0.25) is 5.91 Å². The van der Waals surface area contributed by atoms with Gasteiger partial charge in [0.15, 0.2) is 0 Å². The second-order valence-electron chi connectivity index (χ2n) is 6.08. The summed E-state index contributed by atoms with van der Waals surface area (Å²) in [6, 6.07) is 6.45. The van der Waals surface area contributed by atoms with Crippen molar-refractivity contribution in [1.29, 1.82) is 0 Å². The van der Waals surface area contributed by atoms with E-state index in [9.17, 15) is 14.3 Å². The summed E-state index contributed by atoms with van der Waals surface area (Å²) < 4.78 is 13.1. The Kier molecular flexibility index (Phi) is 5.69. The Labute approximate surface area is 120 Å². The van der Waals surface area contributed by atoms with E-state index in [0.29, 0.717) is 19.4 Å². The average Bonchev–Trinajstić information content (AvgIpc) is 2.33. The molecule has 0 aliphatic carbocycles. The summed E-state index contributed by atoms with van der Waals surface area (Å²) in [4.78, 5) is 13.7. The number of carbonyl (C=O) groups excluding carboxylic acids is 1.